The van der Waals surface area contributed by atoms with Crippen LogP contribution in [0.1, 0.15) is 15.2 Å². The van der Waals surface area contributed by atoms with Gasteiger partial charge in [-0.2, -0.15) is 0 Å². The molecule has 0 aliphatic carbocycles. The summed E-state index contributed by atoms with van der Waals surface area (Å²) >= 11 is 8.54. The van der Waals surface area contributed by atoms with E-state index in [1.54, 1.807) is 23.5 Å². The molecule has 18 heavy (non-hydrogen) atoms. The molecule has 0 atom stereocenters. The lowest BCUT2D eigenvalue weighted by atomic mass is 10.2. The van der Waals surface area contributed by atoms with E-state index in [1.165, 1.54) is 4.88 Å². The van der Waals surface area contributed by atoms with E-state index in [-0.39, 0.29) is 0 Å². The highest BCUT2D eigenvalue weighted by atomic mass is 79.9. The van der Waals surface area contributed by atoms with Gasteiger partial charge in [-0.3, -0.25) is 4.79 Å². The van der Waals surface area contributed by atoms with Crippen LogP contribution >= 0.6 is 43.2 Å². The lowest BCUT2D eigenvalue weighted by Crippen LogP contribution is -2.01. The summed E-state index contributed by atoms with van der Waals surface area (Å²) in [6.45, 7) is 0.609. The van der Waals surface area contributed by atoms with Gasteiger partial charge in [0.25, 0.3) is 0 Å². The maximum Gasteiger partial charge on any atom is 0.150 e. The first kappa shape index (κ1) is 13.8. The van der Waals surface area contributed by atoms with Crippen LogP contribution in [-0.2, 0) is 6.42 Å². The minimum Gasteiger partial charge on any atom is -0.491 e. The summed E-state index contributed by atoms with van der Waals surface area (Å²) in [5.74, 6) is 0.733. The largest absolute Gasteiger partial charge is 0.491 e. The zero-order valence-corrected chi connectivity index (χ0v) is 13.3. The van der Waals surface area contributed by atoms with Gasteiger partial charge in [0.2, 0.25) is 0 Å². The molecule has 0 N–H and O–H groups in total. The van der Waals surface area contributed by atoms with Crippen molar-refractivity contribution in [2.75, 3.05) is 6.61 Å². The van der Waals surface area contributed by atoms with Crippen LogP contribution in [0, 0.1) is 0 Å². The van der Waals surface area contributed by atoms with Crippen molar-refractivity contribution in [1.29, 1.82) is 0 Å². The minimum atomic E-state index is 0.609. The van der Waals surface area contributed by atoms with Gasteiger partial charge in [0, 0.05) is 16.9 Å². The number of carbonyl (C=O) groups is 1. The van der Waals surface area contributed by atoms with E-state index in [4.69, 9.17) is 4.74 Å². The molecule has 2 rings (SSSR count). The van der Waals surface area contributed by atoms with Crippen LogP contribution in [0.2, 0.25) is 0 Å². The Labute approximate surface area is 126 Å². The van der Waals surface area contributed by atoms with Gasteiger partial charge in [-0.05, 0) is 55.4 Å². The van der Waals surface area contributed by atoms with Crippen LogP contribution in [0.4, 0.5) is 0 Å². The summed E-state index contributed by atoms with van der Waals surface area (Å²) in [5.41, 5.74) is 0.611. The van der Waals surface area contributed by atoms with Gasteiger partial charge in [-0.1, -0.05) is 6.07 Å². The molecule has 0 spiro atoms. The Morgan fingerprint density at radius 2 is 2.00 bits per heavy atom. The molecule has 0 amide bonds. The Morgan fingerprint density at radius 3 is 2.56 bits per heavy atom. The molecular weight excluding hydrogens is 380 g/mol. The van der Waals surface area contributed by atoms with Crippen molar-refractivity contribution in [3.05, 3.63) is 49.0 Å². The van der Waals surface area contributed by atoms with Gasteiger partial charge in [0.1, 0.15) is 12.0 Å². The predicted octanol–water partition coefficient (Wildman–Crippen LogP) is 4.71. The van der Waals surface area contributed by atoms with E-state index in [1.807, 2.05) is 6.07 Å². The zero-order valence-electron chi connectivity index (χ0n) is 9.36. The van der Waals surface area contributed by atoms with Gasteiger partial charge in [0.05, 0.1) is 15.6 Å². The summed E-state index contributed by atoms with van der Waals surface area (Å²) in [5, 5.41) is 2.06. The zero-order chi connectivity index (χ0) is 13.0. The Bertz CT molecular complexity index is 515. The van der Waals surface area contributed by atoms with Crippen molar-refractivity contribution in [2.45, 2.75) is 6.42 Å². The number of aldehydes is 1. The van der Waals surface area contributed by atoms with Crippen LogP contribution in [0.3, 0.4) is 0 Å². The van der Waals surface area contributed by atoms with E-state index in [0.717, 1.165) is 27.4 Å². The molecule has 0 fully saturated rings. The fourth-order valence-corrected chi connectivity index (χ4v) is 3.63. The Kier molecular flexibility index (Phi) is 4.97. The van der Waals surface area contributed by atoms with Gasteiger partial charge in [-0.15, -0.1) is 11.3 Å². The van der Waals surface area contributed by atoms with Crippen molar-refractivity contribution < 1.29 is 9.53 Å². The van der Waals surface area contributed by atoms with E-state index >= 15 is 0 Å². The third-order valence-corrected chi connectivity index (χ3v) is 4.45. The van der Waals surface area contributed by atoms with Crippen molar-refractivity contribution in [1.82, 2.24) is 0 Å². The van der Waals surface area contributed by atoms with E-state index in [0.29, 0.717) is 12.2 Å². The average Bonchev–Trinajstić information content (AvgIpc) is 2.85. The fraction of sp³-hybridized carbons (Fsp3) is 0.154. The van der Waals surface area contributed by atoms with Gasteiger partial charge in [-0.25, -0.2) is 0 Å². The molecule has 1 aromatic carbocycles. The van der Waals surface area contributed by atoms with Crippen LogP contribution in [-0.4, -0.2) is 12.9 Å². The quantitative estimate of drug-likeness (QED) is 0.692. The first-order chi connectivity index (χ1) is 8.70. The fourth-order valence-electron chi connectivity index (χ4n) is 1.49. The normalized spacial score (nSPS) is 10.3. The second-order valence-electron chi connectivity index (χ2n) is 3.61. The molecule has 0 aliphatic rings. The van der Waals surface area contributed by atoms with Crippen LogP contribution in [0.15, 0.2) is 38.6 Å². The average molecular weight is 390 g/mol. The molecule has 94 valence electrons. The first-order valence-electron chi connectivity index (χ1n) is 5.30. The number of ether oxygens (including phenoxy) is 1. The Morgan fingerprint density at radius 1 is 1.28 bits per heavy atom. The molecule has 0 bridgehead atoms. The van der Waals surface area contributed by atoms with Crippen LogP contribution in [0.25, 0.3) is 0 Å². The second kappa shape index (κ2) is 6.50. The molecule has 0 saturated carbocycles. The highest BCUT2D eigenvalue weighted by Crippen LogP contribution is 2.34. The number of hydrogen-bond acceptors (Lipinski definition) is 3. The third-order valence-electron chi connectivity index (χ3n) is 2.33. The highest BCUT2D eigenvalue weighted by molar-refractivity contribution is 9.11. The molecule has 0 unspecified atom stereocenters. The lowest BCUT2D eigenvalue weighted by Gasteiger charge is -2.10. The molecule has 2 nitrogen and oxygen atoms in total. The Balaban J connectivity index is 2.03. The van der Waals surface area contributed by atoms with Crippen molar-refractivity contribution >= 4 is 49.5 Å². The van der Waals surface area contributed by atoms with Crippen molar-refractivity contribution in [3.8, 4) is 5.75 Å². The maximum absolute atomic E-state index is 10.7. The van der Waals surface area contributed by atoms with Gasteiger partial charge >= 0.3 is 0 Å². The maximum atomic E-state index is 10.7. The molecule has 0 saturated heterocycles. The SMILES string of the molecule is O=Cc1cc(Br)c(OCCc2cccs2)c(Br)c1. The third kappa shape index (κ3) is 3.43. The Hall–Kier alpha value is -0.650. The van der Waals surface area contributed by atoms with Crippen LogP contribution < -0.4 is 4.74 Å². The summed E-state index contributed by atoms with van der Waals surface area (Å²) in [7, 11) is 0. The smallest absolute Gasteiger partial charge is 0.150 e. The number of carbonyl (C=O) groups excluding carboxylic acids is 1. The number of benzene rings is 1. The van der Waals surface area contributed by atoms with E-state index in [9.17, 15) is 4.79 Å². The molecular formula is C13H10Br2O2S. The summed E-state index contributed by atoms with van der Waals surface area (Å²) in [4.78, 5) is 12.0. The predicted molar refractivity (Wildman–Crippen MR) is 80.7 cm³/mol. The topological polar surface area (TPSA) is 26.3 Å². The second-order valence-corrected chi connectivity index (χ2v) is 6.35. The van der Waals surface area contributed by atoms with E-state index < -0.39 is 0 Å². The first-order valence-corrected chi connectivity index (χ1v) is 7.76. The summed E-state index contributed by atoms with van der Waals surface area (Å²) in [6.07, 6.45) is 1.69. The number of halogens is 2. The lowest BCUT2D eigenvalue weighted by molar-refractivity contribution is 0.112. The molecule has 1 heterocycles. The van der Waals surface area contributed by atoms with Crippen molar-refractivity contribution in [2.24, 2.45) is 0 Å². The number of rotatable bonds is 5. The van der Waals surface area contributed by atoms with Crippen molar-refractivity contribution in [3.63, 3.8) is 0 Å². The number of thiophene rings is 1. The van der Waals surface area contributed by atoms with Crippen LogP contribution in [0.5, 0.6) is 5.75 Å². The minimum absolute atomic E-state index is 0.609. The monoisotopic (exact) mass is 388 g/mol. The molecule has 0 radical (unpaired) electrons. The van der Waals surface area contributed by atoms with Gasteiger partial charge in [0.15, 0.2) is 0 Å². The molecule has 1 aromatic heterocycles. The van der Waals surface area contributed by atoms with Gasteiger partial charge < -0.3 is 4.74 Å². The standard InChI is InChI=1S/C13H10Br2O2S/c14-11-6-9(8-16)7-12(15)13(11)17-4-3-10-2-1-5-18-10/h1-2,5-8H,3-4H2. The summed E-state index contributed by atoms with van der Waals surface area (Å²) in [6, 6.07) is 7.62. The summed E-state index contributed by atoms with van der Waals surface area (Å²) < 4.78 is 7.30. The number of hydrogen-bond donors (Lipinski definition) is 0. The molecule has 0 aliphatic heterocycles. The molecule has 2 aromatic rings. The highest BCUT2D eigenvalue weighted by Gasteiger charge is 2.08. The van der Waals surface area contributed by atoms with E-state index in [2.05, 4.69) is 43.3 Å². The molecule has 5 heteroatoms.